The van der Waals surface area contributed by atoms with Crippen LogP contribution in [-0.4, -0.2) is 312 Å². The fraction of sp³-hybridized carbons (Fsp3) is 0.600. The van der Waals surface area contributed by atoms with Crippen molar-refractivity contribution < 1.29 is 137 Å². The van der Waals surface area contributed by atoms with Crippen molar-refractivity contribution in [1.82, 2.24) is 20.2 Å². The molecule has 0 saturated carbocycles. The maximum atomic E-state index is 13.7. The fourth-order valence-corrected chi connectivity index (χ4v) is 14.5. The van der Waals surface area contributed by atoms with Gasteiger partial charge in [-0.15, -0.1) is 0 Å². The smallest absolute Gasteiger partial charge is 0.410 e. The van der Waals surface area contributed by atoms with E-state index in [-0.39, 0.29) is 37.6 Å². The average molecular weight is 1600 g/mol. The number of carbonyl (C=O) groups excluding carboxylic acids is 2. The van der Waals surface area contributed by atoms with Gasteiger partial charge >= 0.3 is 6.64 Å². The van der Waals surface area contributed by atoms with E-state index in [0.29, 0.717) is 55.4 Å². The van der Waals surface area contributed by atoms with Crippen molar-refractivity contribution in [3.63, 3.8) is 0 Å². The maximum absolute atomic E-state index is 13.7. The summed E-state index contributed by atoms with van der Waals surface area (Å²) in [6.07, 6.45) is -29.0. The van der Waals surface area contributed by atoms with Crippen LogP contribution in [0.25, 0.3) is 0 Å². The number of benzene rings is 4. The molecule has 4 heterocycles. The number of ketones is 2. The third kappa shape index (κ3) is 23.7. The van der Waals surface area contributed by atoms with Crippen molar-refractivity contribution >= 4 is 61.3 Å². The first-order valence-corrected chi connectivity index (χ1v) is 40.2. The van der Waals surface area contributed by atoms with Crippen LogP contribution in [0.4, 0.5) is 0 Å². The lowest BCUT2D eigenvalue weighted by molar-refractivity contribution is -0.367. The Balaban J connectivity index is 0.871. The highest BCUT2D eigenvalue weighted by molar-refractivity contribution is 8.09. The molecule has 108 heavy (non-hydrogen) atoms. The van der Waals surface area contributed by atoms with E-state index in [1.807, 2.05) is 55.5 Å². The highest BCUT2D eigenvalue weighted by atomic mass is 32.5. The van der Waals surface area contributed by atoms with E-state index in [1.54, 1.807) is 108 Å². The van der Waals surface area contributed by atoms with E-state index in [0.717, 1.165) is 22.4 Å². The summed E-state index contributed by atoms with van der Waals surface area (Å²) in [6.45, 7) is 2.74. The zero-order valence-electron chi connectivity index (χ0n) is 60.7. The molecule has 4 aromatic carbocycles. The molecular formula is C70H102N6O28P2S2. The molecule has 4 aliphatic rings. The zero-order valence-corrected chi connectivity index (χ0v) is 64.2. The van der Waals surface area contributed by atoms with Crippen LogP contribution in [-0.2, 0) is 83.9 Å². The first-order chi connectivity index (χ1) is 51.3. The highest BCUT2D eigenvalue weighted by Crippen LogP contribution is 2.52. The summed E-state index contributed by atoms with van der Waals surface area (Å²) in [7, 11) is 1.37. The molecule has 4 fully saturated rings. The summed E-state index contributed by atoms with van der Waals surface area (Å²) in [6, 6.07) is 28.9. The van der Waals surface area contributed by atoms with Gasteiger partial charge in [-0.2, -0.15) is 10.2 Å². The quantitative estimate of drug-likeness (QED) is 0.0138. The minimum atomic E-state index is -3.60. The van der Waals surface area contributed by atoms with Gasteiger partial charge < -0.3 is 138 Å². The monoisotopic (exact) mass is 1600 g/mol. The Hall–Kier alpha value is -5.30. The van der Waals surface area contributed by atoms with E-state index in [1.165, 1.54) is 4.78 Å². The van der Waals surface area contributed by atoms with Crippen LogP contribution in [0.2, 0.25) is 0 Å². The fourth-order valence-electron chi connectivity index (χ4n) is 11.6. The minimum absolute atomic E-state index is 0.183. The first kappa shape index (κ1) is 88.3. The summed E-state index contributed by atoms with van der Waals surface area (Å²) in [5.74, 6) is 1.42. The number of hydrogen-bond donors (Lipinski definition) is 16. The molecule has 0 aromatic heterocycles. The van der Waals surface area contributed by atoms with Gasteiger partial charge in [0, 0.05) is 51.8 Å². The molecule has 8 rings (SSSR count). The lowest BCUT2D eigenvalue weighted by Crippen LogP contribution is -2.64. The van der Waals surface area contributed by atoms with E-state index < -0.39 is 174 Å². The molecule has 21 atom stereocenters. The maximum Gasteiger partial charge on any atom is 0.410 e. The van der Waals surface area contributed by atoms with E-state index >= 15 is 0 Å². The van der Waals surface area contributed by atoms with Crippen LogP contribution in [0.1, 0.15) is 69.7 Å². The number of nitrogens with zero attached hydrogens (tertiary/aromatic N) is 4. The average Bonchev–Trinajstić information content (AvgIpc) is 0.784. The number of rotatable bonds is 40. The largest absolute Gasteiger partial charge is 0.494 e. The van der Waals surface area contributed by atoms with Gasteiger partial charge in [-0.05, 0) is 154 Å². The molecule has 38 heteroatoms. The predicted molar refractivity (Wildman–Crippen MR) is 395 cm³/mol. The Bertz CT molecular complexity index is 3430. The molecule has 0 aliphatic carbocycles. The molecule has 0 radical (unpaired) electrons. The minimum Gasteiger partial charge on any atom is -0.494 e. The molecule has 4 aromatic rings. The molecule has 34 nitrogen and oxygen atoms in total. The van der Waals surface area contributed by atoms with Gasteiger partial charge in [-0.3, -0.25) is 9.59 Å². The lowest BCUT2D eigenvalue weighted by Gasteiger charge is -2.46. The Morgan fingerprint density at radius 2 is 0.861 bits per heavy atom. The van der Waals surface area contributed by atoms with E-state index in [2.05, 4.69) is 15.7 Å². The number of hydrogen-bond acceptors (Lipinski definition) is 34. The van der Waals surface area contributed by atoms with Crippen molar-refractivity contribution in [1.29, 1.82) is 0 Å². The van der Waals surface area contributed by atoms with Crippen molar-refractivity contribution in [3.05, 3.63) is 119 Å². The number of aliphatic hydroxyl groups excluding tert-OH is 14. The van der Waals surface area contributed by atoms with Gasteiger partial charge in [0.15, 0.2) is 36.7 Å². The molecule has 0 bridgehead atoms. The molecule has 0 spiro atoms. The van der Waals surface area contributed by atoms with Gasteiger partial charge in [0.2, 0.25) is 7.07 Å². The number of hydrazone groups is 2. The molecular weight excluding hydrogens is 1500 g/mol. The zero-order chi connectivity index (χ0) is 78.8. The molecule has 0 amide bonds. The summed E-state index contributed by atoms with van der Waals surface area (Å²) in [5, 5.41) is 160. The van der Waals surface area contributed by atoms with E-state index in [4.69, 9.17) is 84.9 Å². The number of nitrogens with one attached hydrogen (secondary N) is 2. The third-order valence-electron chi connectivity index (χ3n) is 18.4. The Kier molecular flexibility index (Phi) is 33.5. The number of aliphatic hydroxyl groups is 14. The second kappa shape index (κ2) is 40.9. The SMILES string of the molecule is CCOc1ccc(/C=N/N(C)[PH](=S)Oc2ccc(/C=N/N(C)P(=S)(Oc3ccc(CCNC(C)(C)C(=O)CCOC4OC(CO)C(O)C(O)C4OC4OC(CO)C(O)C(O)C4O)cc3)Oc3ccc(CCNC(C)(C)C(=O)CCOC4OC(CO)C(O)C(O)C4OC4OC(CO)C(O)C(O)C4O)cc3)cc2)cc1. The van der Waals surface area contributed by atoms with Gasteiger partial charge in [0.1, 0.15) is 121 Å². The van der Waals surface area contributed by atoms with Gasteiger partial charge in [0.05, 0.1) is 69.8 Å². The first-order valence-electron chi connectivity index (χ1n) is 35.1. The van der Waals surface area contributed by atoms with Crippen molar-refractivity contribution in [2.75, 3.05) is 73.4 Å². The molecule has 4 aliphatic heterocycles. The van der Waals surface area contributed by atoms with Gasteiger partial charge in [-0.25, -0.2) is 9.56 Å². The van der Waals surface area contributed by atoms with Crippen molar-refractivity contribution in [3.8, 4) is 23.0 Å². The second-order valence-corrected chi connectivity index (χ2v) is 32.8. The van der Waals surface area contributed by atoms with Crippen LogP contribution in [0.5, 0.6) is 23.0 Å². The van der Waals surface area contributed by atoms with Crippen LogP contribution in [0.15, 0.2) is 107 Å². The number of ether oxygens (including phenoxy) is 9. The molecule has 21 unspecified atom stereocenters. The third-order valence-corrected chi connectivity index (χ3v) is 23.4. The topological polar surface area (TPSA) is 483 Å². The summed E-state index contributed by atoms with van der Waals surface area (Å²) in [5.41, 5.74) is 1.07. The number of carbonyl (C=O) groups is 2. The van der Waals surface area contributed by atoms with E-state index in [9.17, 15) is 81.1 Å². The summed E-state index contributed by atoms with van der Waals surface area (Å²) in [4.78, 5) is 27.3. The Morgan fingerprint density at radius 3 is 1.24 bits per heavy atom. The molecule has 4 saturated heterocycles. The van der Waals surface area contributed by atoms with Gasteiger partial charge in [-0.1, -0.05) is 24.3 Å². The predicted octanol–water partition coefficient (Wildman–Crippen LogP) is -1.39. The molecule has 16 N–H and O–H groups in total. The van der Waals surface area contributed by atoms with Crippen molar-refractivity contribution in [2.24, 2.45) is 10.2 Å². The lowest BCUT2D eigenvalue weighted by atomic mass is 9.96. The van der Waals surface area contributed by atoms with Crippen LogP contribution < -0.4 is 28.9 Å². The number of Topliss-reactive ketones (excluding diaryl/α,β-unsaturated/α-hetero) is 2. The van der Waals surface area contributed by atoms with Crippen LogP contribution in [0.3, 0.4) is 0 Å². The highest BCUT2D eigenvalue weighted by Gasteiger charge is 2.53. The van der Waals surface area contributed by atoms with Gasteiger partial charge in [0.25, 0.3) is 0 Å². The normalized spacial score (nSPS) is 30.0. The Morgan fingerprint density at radius 1 is 0.509 bits per heavy atom. The van der Waals surface area contributed by atoms with Crippen molar-refractivity contribution in [2.45, 2.75) is 194 Å². The standard InChI is InChI=1S/C70H102N6O28P2S2/c1-8-93-43-17-13-41(14-18-43)33-73-75(6)105(107)102-44-19-15-42(16-20-44)34-74-76(7)106(108,103-45-21-9-39(10-22-45)25-29-71-69(2,3)51(81)27-31-94-67-63(59(89)55(85)49(37-79)98-67)100-65-61(91)57(87)53(83)47(35-77)96-65)104-46-23-11-40(12-24-46)26-30-72-70(4,5)52(82)28-32-95-68-64(60(90)56(86)50(38-80)99-68)101-66-62(92)58(88)54(84)48(36-78)97-66/h9-24,33-34,47-50,53-68,71-72,77-80,83-92,105H,8,25-32,35-38H2,1-7H3/b73-33+,74-34+. The van der Waals surface area contributed by atoms with Crippen LogP contribution in [0, 0.1) is 0 Å². The van der Waals surface area contributed by atoms with Crippen LogP contribution >= 0.6 is 13.7 Å². The summed E-state index contributed by atoms with van der Waals surface area (Å²) < 4.78 is 73.2. The second-order valence-electron chi connectivity index (χ2n) is 27.1. The molecule has 602 valence electrons. The summed E-state index contributed by atoms with van der Waals surface area (Å²) >= 11 is 12.0. The Labute approximate surface area is 636 Å².